The number of carbonyl (C=O) groups is 1. The monoisotopic (exact) mass is 366 g/mol. The van der Waals surface area contributed by atoms with Gasteiger partial charge in [0.2, 0.25) is 10.0 Å². The number of rotatable bonds is 6. The van der Waals surface area contributed by atoms with E-state index in [1.807, 2.05) is 0 Å². The van der Waals surface area contributed by atoms with Crippen LogP contribution in [0.15, 0.2) is 23.1 Å². The number of nitrogens with two attached hydrogens (primary N) is 1. The number of hydrogen-bond donors (Lipinski definition) is 1. The summed E-state index contributed by atoms with van der Waals surface area (Å²) in [6.45, 7) is 1.58. The number of benzene rings is 1. The molecule has 0 radical (unpaired) electrons. The first-order valence-electron chi connectivity index (χ1n) is 9.05. The van der Waals surface area contributed by atoms with Gasteiger partial charge in [0.05, 0.1) is 17.1 Å². The van der Waals surface area contributed by atoms with Gasteiger partial charge in [0, 0.05) is 13.1 Å². The van der Waals surface area contributed by atoms with Crippen molar-refractivity contribution in [1.29, 1.82) is 0 Å². The van der Waals surface area contributed by atoms with Crippen LogP contribution in [0.25, 0.3) is 0 Å². The molecule has 0 bridgehead atoms. The van der Waals surface area contributed by atoms with Crippen molar-refractivity contribution < 1.29 is 17.9 Å². The predicted molar refractivity (Wildman–Crippen MR) is 95.0 cm³/mol. The molecule has 0 aromatic heterocycles. The van der Waals surface area contributed by atoms with E-state index in [2.05, 4.69) is 0 Å². The Morgan fingerprint density at radius 3 is 2.44 bits per heavy atom. The third-order valence-electron chi connectivity index (χ3n) is 5.12. The molecule has 2 aliphatic rings. The molecule has 3 rings (SSSR count). The minimum atomic E-state index is -3.58. The minimum Gasteiger partial charge on any atom is -0.492 e. The molecule has 6 nitrogen and oxygen atoms in total. The highest BCUT2D eigenvalue weighted by Crippen LogP contribution is 2.29. The average molecular weight is 366 g/mol. The van der Waals surface area contributed by atoms with Crippen molar-refractivity contribution in [2.45, 2.75) is 49.8 Å². The van der Waals surface area contributed by atoms with Gasteiger partial charge < -0.3 is 10.5 Å². The fourth-order valence-corrected chi connectivity index (χ4v) is 5.17. The number of hydrogen-bond acceptors (Lipinski definition) is 4. The second-order valence-electron chi connectivity index (χ2n) is 6.95. The molecule has 0 spiro atoms. The molecule has 1 aromatic carbocycles. The maximum atomic E-state index is 12.7. The number of ether oxygens (including phenoxy) is 1. The van der Waals surface area contributed by atoms with Crippen molar-refractivity contribution in [3.05, 3.63) is 23.8 Å². The maximum Gasteiger partial charge on any atom is 0.252 e. The molecule has 0 unspecified atom stereocenters. The summed E-state index contributed by atoms with van der Waals surface area (Å²) in [5, 5.41) is 0. The highest BCUT2D eigenvalue weighted by molar-refractivity contribution is 7.89. The molecular formula is C18H26N2O4S. The Balaban J connectivity index is 1.79. The summed E-state index contributed by atoms with van der Waals surface area (Å²) in [7, 11) is -3.58. The van der Waals surface area contributed by atoms with Crippen LogP contribution in [0.3, 0.4) is 0 Å². The summed E-state index contributed by atoms with van der Waals surface area (Å²) in [5.41, 5.74) is 5.60. The third-order valence-corrected chi connectivity index (χ3v) is 7.01. The first-order chi connectivity index (χ1) is 12.0. The summed E-state index contributed by atoms with van der Waals surface area (Å²) < 4.78 is 32.6. The molecule has 25 heavy (non-hydrogen) atoms. The number of primary amides is 1. The van der Waals surface area contributed by atoms with Crippen molar-refractivity contribution >= 4 is 15.9 Å². The molecule has 1 aliphatic heterocycles. The van der Waals surface area contributed by atoms with E-state index >= 15 is 0 Å². The van der Waals surface area contributed by atoms with Gasteiger partial charge in [-0.15, -0.1) is 0 Å². The summed E-state index contributed by atoms with van der Waals surface area (Å²) >= 11 is 0. The number of carbonyl (C=O) groups excluding carboxylic acids is 1. The maximum absolute atomic E-state index is 12.7. The molecule has 1 heterocycles. The van der Waals surface area contributed by atoms with E-state index in [1.54, 1.807) is 6.07 Å². The Morgan fingerprint density at radius 1 is 1.12 bits per heavy atom. The second kappa shape index (κ2) is 7.74. The Kier molecular flexibility index (Phi) is 5.64. The van der Waals surface area contributed by atoms with E-state index in [0.717, 1.165) is 25.7 Å². The summed E-state index contributed by atoms with van der Waals surface area (Å²) in [6.07, 6.45) is 7.69. The van der Waals surface area contributed by atoms with Crippen molar-refractivity contribution in [3.8, 4) is 5.75 Å². The highest BCUT2D eigenvalue weighted by Gasteiger charge is 2.28. The Hall–Kier alpha value is -1.60. The summed E-state index contributed by atoms with van der Waals surface area (Å²) in [5.74, 6) is 0.193. The number of amides is 1. The van der Waals surface area contributed by atoms with Crippen LogP contribution in [0.5, 0.6) is 5.75 Å². The van der Waals surface area contributed by atoms with E-state index in [9.17, 15) is 13.2 Å². The molecule has 138 valence electrons. The van der Waals surface area contributed by atoms with Crippen LogP contribution in [0.4, 0.5) is 0 Å². The first kappa shape index (κ1) is 18.2. The van der Waals surface area contributed by atoms with Gasteiger partial charge in [-0.25, -0.2) is 8.42 Å². The van der Waals surface area contributed by atoms with Crippen LogP contribution in [0, 0.1) is 5.92 Å². The average Bonchev–Trinajstić information content (AvgIpc) is 3.16. The topological polar surface area (TPSA) is 89.7 Å². The zero-order valence-electron chi connectivity index (χ0n) is 14.4. The molecule has 2 N–H and O–H groups in total. The quantitative estimate of drug-likeness (QED) is 0.838. The van der Waals surface area contributed by atoms with Gasteiger partial charge >= 0.3 is 0 Å². The van der Waals surface area contributed by atoms with E-state index in [-0.39, 0.29) is 10.5 Å². The van der Waals surface area contributed by atoms with Crippen LogP contribution >= 0.6 is 0 Å². The molecule has 1 aliphatic carbocycles. The second-order valence-corrected chi connectivity index (χ2v) is 8.89. The third kappa shape index (κ3) is 4.15. The van der Waals surface area contributed by atoms with Crippen LogP contribution < -0.4 is 10.5 Å². The van der Waals surface area contributed by atoms with Crippen LogP contribution in [0.1, 0.15) is 55.3 Å². The largest absolute Gasteiger partial charge is 0.492 e. The van der Waals surface area contributed by atoms with Crippen molar-refractivity contribution in [2.75, 3.05) is 19.7 Å². The minimum absolute atomic E-state index is 0.105. The van der Waals surface area contributed by atoms with Crippen LogP contribution in [0.2, 0.25) is 0 Å². The van der Waals surface area contributed by atoms with E-state index in [0.29, 0.717) is 31.4 Å². The van der Waals surface area contributed by atoms with Crippen molar-refractivity contribution in [1.82, 2.24) is 4.31 Å². The molecule has 2 fully saturated rings. The van der Waals surface area contributed by atoms with Gasteiger partial charge in [-0.3, -0.25) is 4.79 Å². The zero-order chi connectivity index (χ0) is 17.9. The van der Waals surface area contributed by atoms with E-state index < -0.39 is 15.9 Å². The van der Waals surface area contributed by atoms with E-state index in [1.165, 1.54) is 35.7 Å². The van der Waals surface area contributed by atoms with Crippen molar-refractivity contribution in [3.63, 3.8) is 0 Å². The normalized spacial score (nSPS) is 19.8. The van der Waals surface area contributed by atoms with Gasteiger partial charge in [-0.05, 0) is 49.8 Å². The van der Waals surface area contributed by atoms with E-state index in [4.69, 9.17) is 10.5 Å². The smallest absolute Gasteiger partial charge is 0.252 e. The van der Waals surface area contributed by atoms with Crippen LogP contribution in [-0.4, -0.2) is 38.3 Å². The lowest BCUT2D eigenvalue weighted by Gasteiger charge is -2.22. The van der Waals surface area contributed by atoms with Gasteiger partial charge in [0.1, 0.15) is 5.75 Å². The molecule has 7 heteroatoms. The zero-order valence-corrected chi connectivity index (χ0v) is 15.3. The predicted octanol–water partition coefficient (Wildman–Crippen LogP) is 2.53. The molecule has 1 saturated heterocycles. The molecule has 1 saturated carbocycles. The standard InChI is InChI=1S/C18H26N2O4S/c19-18(21)16-12-15(25(22,23)20-10-4-5-11-20)8-9-17(16)24-13-14-6-2-1-3-7-14/h8-9,12,14H,1-7,10-11,13H2,(H2,19,21). The Bertz CT molecular complexity index is 721. The lowest BCUT2D eigenvalue weighted by atomic mass is 9.90. The highest BCUT2D eigenvalue weighted by atomic mass is 32.2. The van der Waals surface area contributed by atoms with Crippen LogP contribution in [-0.2, 0) is 10.0 Å². The molecule has 0 atom stereocenters. The van der Waals surface area contributed by atoms with Gasteiger partial charge in [-0.2, -0.15) is 4.31 Å². The van der Waals surface area contributed by atoms with Gasteiger partial charge in [0.25, 0.3) is 5.91 Å². The number of nitrogens with zero attached hydrogens (tertiary/aromatic N) is 1. The fraction of sp³-hybridized carbons (Fsp3) is 0.611. The van der Waals surface area contributed by atoms with Crippen molar-refractivity contribution in [2.24, 2.45) is 11.7 Å². The SMILES string of the molecule is NC(=O)c1cc(S(=O)(=O)N2CCCC2)ccc1OCC1CCCCC1. The lowest BCUT2D eigenvalue weighted by Crippen LogP contribution is -2.28. The molecular weight excluding hydrogens is 340 g/mol. The summed E-state index contributed by atoms with van der Waals surface area (Å²) in [6, 6.07) is 4.42. The summed E-state index contributed by atoms with van der Waals surface area (Å²) in [4.78, 5) is 11.9. The molecule has 1 aromatic rings. The molecule has 1 amide bonds. The van der Waals surface area contributed by atoms with Gasteiger partial charge in [0.15, 0.2) is 0 Å². The Morgan fingerprint density at radius 2 is 1.80 bits per heavy atom. The van der Waals surface area contributed by atoms with Gasteiger partial charge in [-0.1, -0.05) is 19.3 Å². The first-order valence-corrected chi connectivity index (χ1v) is 10.5. The Labute approximate surface area is 149 Å². The number of sulfonamides is 1. The fourth-order valence-electron chi connectivity index (χ4n) is 3.63. The lowest BCUT2D eigenvalue weighted by molar-refractivity contribution is 0.0994.